The van der Waals surface area contributed by atoms with E-state index in [9.17, 15) is 9.18 Å². The number of piperidine rings is 1. The first kappa shape index (κ1) is 19.4. The van der Waals surface area contributed by atoms with Crippen LogP contribution in [-0.2, 0) is 0 Å². The first-order chi connectivity index (χ1) is 15.2. The average molecular weight is 435 g/mol. The Morgan fingerprint density at radius 1 is 1.13 bits per heavy atom. The molecule has 156 valence electrons. The summed E-state index contributed by atoms with van der Waals surface area (Å²) in [6.07, 6.45) is 3.28. The van der Waals surface area contributed by atoms with Gasteiger partial charge in [0.2, 0.25) is 0 Å². The fourth-order valence-electron chi connectivity index (χ4n) is 3.75. The maximum absolute atomic E-state index is 14.1. The van der Waals surface area contributed by atoms with Crippen LogP contribution in [0.2, 0.25) is 0 Å². The molecule has 31 heavy (non-hydrogen) atoms. The summed E-state index contributed by atoms with van der Waals surface area (Å²) in [4.78, 5) is 15.0. The van der Waals surface area contributed by atoms with Gasteiger partial charge in [0.15, 0.2) is 5.01 Å². The number of hydrogen-bond donors (Lipinski definition) is 0. The van der Waals surface area contributed by atoms with Gasteiger partial charge in [0.05, 0.1) is 5.69 Å². The zero-order valence-corrected chi connectivity index (χ0v) is 17.2. The Kier molecular flexibility index (Phi) is 5.21. The maximum atomic E-state index is 14.1. The molecule has 8 nitrogen and oxygen atoms in total. The molecule has 1 aliphatic rings. The van der Waals surface area contributed by atoms with Gasteiger partial charge >= 0.3 is 0 Å². The molecule has 0 unspecified atom stereocenters. The van der Waals surface area contributed by atoms with Crippen molar-refractivity contribution < 1.29 is 9.18 Å². The number of halogens is 1. The summed E-state index contributed by atoms with van der Waals surface area (Å²) < 4.78 is 15.6. The summed E-state index contributed by atoms with van der Waals surface area (Å²) in [6, 6.07) is 13.8. The number of carbonyl (C=O) groups is 1. The number of likely N-dealkylation sites (tertiary alicyclic amines) is 1. The molecule has 3 heterocycles. The highest BCUT2D eigenvalue weighted by atomic mass is 32.1. The van der Waals surface area contributed by atoms with Crippen LogP contribution in [0.15, 0.2) is 54.9 Å². The van der Waals surface area contributed by atoms with Gasteiger partial charge in [0, 0.05) is 30.1 Å². The minimum Gasteiger partial charge on any atom is -0.338 e. The van der Waals surface area contributed by atoms with Crippen molar-refractivity contribution in [3.05, 3.63) is 71.2 Å². The molecule has 1 fully saturated rings. The lowest BCUT2D eigenvalue weighted by Gasteiger charge is -2.31. The first-order valence-electron chi connectivity index (χ1n) is 9.90. The summed E-state index contributed by atoms with van der Waals surface area (Å²) >= 11 is 1.39. The van der Waals surface area contributed by atoms with Crippen LogP contribution in [0, 0.1) is 5.82 Å². The number of carbonyl (C=O) groups excluding carboxylic acids is 1. The lowest BCUT2D eigenvalue weighted by Crippen LogP contribution is -2.39. The summed E-state index contributed by atoms with van der Waals surface area (Å²) in [5, 5.41) is 21.0. The molecular formula is C21H18FN7OS. The largest absolute Gasteiger partial charge is 0.338 e. The van der Waals surface area contributed by atoms with Gasteiger partial charge in [-0.05, 0) is 53.6 Å². The predicted molar refractivity (Wildman–Crippen MR) is 112 cm³/mol. The van der Waals surface area contributed by atoms with E-state index in [1.807, 2.05) is 17.0 Å². The van der Waals surface area contributed by atoms with Crippen LogP contribution in [-0.4, -0.2) is 54.3 Å². The molecule has 1 aliphatic heterocycles. The van der Waals surface area contributed by atoms with Crippen molar-refractivity contribution in [1.29, 1.82) is 0 Å². The van der Waals surface area contributed by atoms with Gasteiger partial charge in [-0.25, -0.2) is 9.07 Å². The minimum atomic E-state index is -0.312. The molecule has 4 aromatic rings. The van der Waals surface area contributed by atoms with Gasteiger partial charge in [-0.15, -0.1) is 15.3 Å². The fourth-order valence-corrected chi connectivity index (χ4v) is 4.75. The predicted octanol–water partition coefficient (Wildman–Crippen LogP) is 3.34. The van der Waals surface area contributed by atoms with Crippen LogP contribution in [0.25, 0.3) is 16.3 Å². The molecule has 1 atom stereocenters. The first-order valence-corrected chi connectivity index (χ1v) is 10.7. The van der Waals surface area contributed by atoms with E-state index in [2.05, 4.69) is 25.7 Å². The van der Waals surface area contributed by atoms with Crippen LogP contribution in [0.4, 0.5) is 4.39 Å². The normalized spacial score (nSPS) is 16.4. The second-order valence-electron chi connectivity index (χ2n) is 7.32. The van der Waals surface area contributed by atoms with E-state index < -0.39 is 0 Å². The van der Waals surface area contributed by atoms with Gasteiger partial charge in [-0.3, -0.25) is 4.79 Å². The van der Waals surface area contributed by atoms with Crippen molar-refractivity contribution in [2.24, 2.45) is 0 Å². The topological polar surface area (TPSA) is 89.7 Å². The highest BCUT2D eigenvalue weighted by molar-refractivity contribution is 7.14. The molecule has 2 aromatic carbocycles. The lowest BCUT2D eigenvalue weighted by atomic mass is 9.98. The highest BCUT2D eigenvalue weighted by Gasteiger charge is 2.28. The zero-order valence-electron chi connectivity index (χ0n) is 16.4. The number of aromatic nitrogens is 6. The van der Waals surface area contributed by atoms with Crippen molar-refractivity contribution in [2.45, 2.75) is 18.8 Å². The van der Waals surface area contributed by atoms with E-state index >= 15 is 0 Å². The molecular weight excluding hydrogens is 417 g/mol. The summed E-state index contributed by atoms with van der Waals surface area (Å²) in [7, 11) is 0. The second-order valence-corrected chi connectivity index (χ2v) is 8.33. The van der Waals surface area contributed by atoms with Gasteiger partial charge in [0.1, 0.15) is 17.2 Å². The number of nitrogens with zero attached hydrogens (tertiary/aromatic N) is 7. The second kappa shape index (κ2) is 8.31. The quantitative estimate of drug-likeness (QED) is 0.488. The molecule has 1 amide bonds. The number of hydrogen-bond acceptors (Lipinski definition) is 7. The molecule has 0 bridgehead atoms. The molecule has 0 aliphatic carbocycles. The Morgan fingerprint density at radius 3 is 2.87 bits per heavy atom. The fraction of sp³-hybridized carbons (Fsp3) is 0.238. The van der Waals surface area contributed by atoms with E-state index in [4.69, 9.17) is 0 Å². The SMILES string of the molecule is O=C(c1cccc(-n2cnnn2)c1)N1CCC[C@H](c2nnc(-c3ccccc3F)s2)C1. The highest BCUT2D eigenvalue weighted by Crippen LogP contribution is 2.34. The van der Waals surface area contributed by atoms with Gasteiger partial charge < -0.3 is 4.90 Å². The molecule has 1 saturated heterocycles. The van der Waals surface area contributed by atoms with Gasteiger partial charge in [-0.1, -0.05) is 29.5 Å². The summed E-state index contributed by atoms with van der Waals surface area (Å²) in [5.74, 6) is -0.273. The van der Waals surface area contributed by atoms with Crippen molar-refractivity contribution in [1.82, 2.24) is 35.3 Å². The zero-order chi connectivity index (χ0) is 21.2. The van der Waals surface area contributed by atoms with Crippen LogP contribution < -0.4 is 0 Å². The number of rotatable bonds is 4. The van der Waals surface area contributed by atoms with E-state index in [-0.39, 0.29) is 17.6 Å². The maximum Gasteiger partial charge on any atom is 0.253 e. The third-order valence-electron chi connectivity index (χ3n) is 5.31. The van der Waals surface area contributed by atoms with Crippen LogP contribution >= 0.6 is 11.3 Å². The van der Waals surface area contributed by atoms with Crippen molar-refractivity contribution in [2.75, 3.05) is 13.1 Å². The third-order valence-corrected chi connectivity index (χ3v) is 6.43. The average Bonchev–Trinajstić information content (AvgIpc) is 3.52. The number of tetrazole rings is 1. The van der Waals surface area contributed by atoms with Crippen LogP contribution in [0.3, 0.4) is 0 Å². The van der Waals surface area contributed by atoms with Gasteiger partial charge in [0.25, 0.3) is 5.91 Å². The molecule has 5 rings (SSSR count). The minimum absolute atomic E-state index is 0.0431. The van der Waals surface area contributed by atoms with E-state index in [0.29, 0.717) is 29.2 Å². The van der Waals surface area contributed by atoms with Gasteiger partial charge in [-0.2, -0.15) is 0 Å². The molecule has 0 N–H and O–H groups in total. The Morgan fingerprint density at radius 2 is 2.03 bits per heavy atom. The Hall–Kier alpha value is -3.53. The molecule has 0 radical (unpaired) electrons. The molecule has 10 heteroatoms. The standard InChI is InChI=1S/C21H18FN7OS/c22-18-9-2-1-8-17(18)20-25-24-19(31-20)15-6-4-10-28(12-15)21(30)14-5-3-7-16(11-14)29-13-23-26-27-29/h1-3,5,7-9,11,13,15H,4,6,10,12H2/t15-/m0/s1. The Labute approximate surface area is 181 Å². The van der Waals surface area contributed by atoms with E-state index in [1.165, 1.54) is 28.4 Å². The summed E-state index contributed by atoms with van der Waals surface area (Å²) in [6.45, 7) is 1.24. The number of benzene rings is 2. The Balaban J connectivity index is 1.34. The van der Waals surface area contributed by atoms with Crippen molar-refractivity contribution in [3.63, 3.8) is 0 Å². The summed E-state index contributed by atoms with van der Waals surface area (Å²) in [5.41, 5.74) is 1.76. The Bertz CT molecular complexity index is 1210. The van der Waals surface area contributed by atoms with Crippen LogP contribution in [0.1, 0.15) is 34.1 Å². The third kappa shape index (κ3) is 3.93. The van der Waals surface area contributed by atoms with Crippen molar-refractivity contribution in [3.8, 4) is 16.3 Å². The van der Waals surface area contributed by atoms with Crippen LogP contribution in [0.5, 0.6) is 0 Å². The monoisotopic (exact) mass is 435 g/mol. The smallest absolute Gasteiger partial charge is 0.253 e. The molecule has 0 spiro atoms. The molecule has 0 saturated carbocycles. The van der Waals surface area contributed by atoms with E-state index in [1.54, 1.807) is 30.3 Å². The van der Waals surface area contributed by atoms with Crippen molar-refractivity contribution >= 4 is 17.2 Å². The lowest BCUT2D eigenvalue weighted by molar-refractivity contribution is 0.0707. The molecule has 2 aromatic heterocycles. The van der Waals surface area contributed by atoms with E-state index in [0.717, 1.165) is 23.5 Å². The number of amides is 1.